The van der Waals surface area contributed by atoms with E-state index < -0.39 is 0 Å². The SMILES string of the molecule is NCCCCc1nc(-c2ccccc2F)no1. The Morgan fingerprint density at radius 3 is 2.82 bits per heavy atom. The standard InChI is InChI=1S/C12H14FN3O/c13-10-6-2-1-5-9(10)12-15-11(17-16-12)7-3-4-8-14/h1-2,5-6H,3-4,7-8,14H2. The van der Waals surface area contributed by atoms with Crippen molar-refractivity contribution in [3.8, 4) is 11.4 Å². The first-order valence-electron chi connectivity index (χ1n) is 5.59. The van der Waals surface area contributed by atoms with Gasteiger partial charge >= 0.3 is 0 Å². The molecule has 0 saturated heterocycles. The average Bonchev–Trinajstić information content (AvgIpc) is 2.79. The number of hydrogen-bond donors (Lipinski definition) is 1. The first-order valence-corrected chi connectivity index (χ1v) is 5.59. The van der Waals surface area contributed by atoms with Crippen molar-refractivity contribution in [2.24, 2.45) is 5.73 Å². The molecule has 0 atom stereocenters. The Morgan fingerprint density at radius 1 is 1.24 bits per heavy atom. The van der Waals surface area contributed by atoms with Crippen molar-refractivity contribution < 1.29 is 8.91 Å². The maximum atomic E-state index is 13.5. The molecule has 90 valence electrons. The highest BCUT2D eigenvalue weighted by molar-refractivity contribution is 5.54. The molecule has 0 bridgehead atoms. The molecular formula is C12H14FN3O. The smallest absolute Gasteiger partial charge is 0.226 e. The first-order chi connectivity index (χ1) is 8.31. The second-order valence-electron chi connectivity index (χ2n) is 3.74. The lowest BCUT2D eigenvalue weighted by atomic mass is 10.2. The molecule has 4 nitrogen and oxygen atoms in total. The van der Waals surface area contributed by atoms with E-state index in [-0.39, 0.29) is 5.82 Å². The van der Waals surface area contributed by atoms with Crippen LogP contribution in [0.2, 0.25) is 0 Å². The van der Waals surface area contributed by atoms with Crippen molar-refractivity contribution in [2.45, 2.75) is 19.3 Å². The summed E-state index contributed by atoms with van der Waals surface area (Å²) in [4.78, 5) is 4.15. The van der Waals surface area contributed by atoms with E-state index >= 15 is 0 Å². The lowest BCUT2D eigenvalue weighted by molar-refractivity contribution is 0.375. The second kappa shape index (κ2) is 5.54. The van der Waals surface area contributed by atoms with Gasteiger partial charge in [-0.2, -0.15) is 4.98 Å². The Morgan fingerprint density at radius 2 is 2.06 bits per heavy atom. The summed E-state index contributed by atoms with van der Waals surface area (Å²) in [5.74, 6) is 0.476. The van der Waals surface area contributed by atoms with Crippen LogP contribution in [0.4, 0.5) is 4.39 Å². The van der Waals surface area contributed by atoms with Crippen LogP contribution >= 0.6 is 0 Å². The van der Waals surface area contributed by atoms with Gasteiger partial charge in [0.05, 0.1) is 5.56 Å². The monoisotopic (exact) mass is 235 g/mol. The Balaban J connectivity index is 2.10. The molecule has 2 N–H and O–H groups in total. The van der Waals surface area contributed by atoms with Crippen LogP contribution in [-0.2, 0) is 6.42 Å². The molecule has 0 unspecified atom stereocenters. The van der Waals surface area contributed by atoms with Crippen LogP contribution in [0, 0.1) is 5.82 Å². The maximum absolute atomic E-state index is 13.5. The van der Waals surface area contributed by atoms with Gasteiger partial charge in [-0.15, -0.1) is 0 Å². The van der Waals surface area contributed by atoms with E-state index in [1.54, 1.807) is 18.2 Å². The number of hydrogen-bond acceptors (Lipinski definition) is 4. The van der Waals surface area contributed by atoms with Crippen LogP contribution in [0.3, 0.4) is 0 Å². The van der Waals surface area contributed by atoms with E-state index in [1.807, 2.05) is 0 Å². The summed E-state index contributed by atoms with van der Waals surface area (Å²) >= 11 is 0. The summed E-state index contributed by atoms with van der Waals surface area (Å²) in [5.41, 5.74) is 5.75. The van der Waals surface area contributed by atoms with E-state index in [0.717, 1.165) is 12.8 Å². The highest BCUT2D eigenvalue weighted by Gasteiger charge is 2.11. The van der Waals surface area contributed by atoms with Gasteiger partial charge < -0.3 is 10.3 Å². The number of aryl methyl sites for hydroxylation is 1. The third-order valence-corrected chi connectivity index (χ3v) is 2.43. The molecule has 0 aliphatic heterocycles. The Bertz CT molecular complexity index is 484. The topological polar surface area (TPSA) is 64.9 Å². The van der Waals surface area contributed by atoms with Gasteiger partial charge in [0, 0.05) is 6.42 Å². The van der Waals surface area contributed by atoms with Gasteiger partial charge in [-0.3, -0.25) is 0 Å². The van der Waals surface area contributed by atoms with Crippen LogP contribution in [0.5, 0.6) is 0 Å². The second-order valence-corrected chi connectivity index (χ2v) is 3.74. The minimum absolute atomic E-state index is 0.297. The predicted molar refractivity (Wildman–Crippen MR) is 61.7 cm³/mol. The third kappa shape index (κ3) is 2.88. The molecule has 2 rings (SSSR count). The fraction of sp³-hybridized carbons (Fsp3) is 0.333. The van der Waals surface area contributed by atoms with E-state index in [4.69, 9.17) is 10.3 Å². The molecule has 0 fully saturated rings. The summed E-state index contributed by atoms with van der Waals surface area (Å²) < 4.78 is 18.5. The van der Waals surface area contributed by atoms with Crippen molar-refractivity contribution in [2.75, 3.05) is 6.54 Å². The van der Waals surface area contributed by atoms with Crippen LogP contribution in [0.1, 0.15) is 18.7 Å². The van der Waals surface area contributed by atoms with E-state index in [2.05, 4.69) is 10.1 Å². The first kappa shape index (κ1) is 11.7. The van der Waals surface area contributed by atoms with Crippen molar-refractivity contribution >= 4 is 0 Å². The Labute approximate surface area is 98.6 Å². The molecule has 1 aromatic carbocycles. The lowest BCUT2D eigenvalue weighted by Gasteiger charge is -1.94. The molecule has 0 aliphatic rings. The Kier molecular flexibility index (Phi) is 3.82. The van der Waals surface area contributed by atoms with Crippen molar-refractivity contribution in [1.82, 2.24) is 10.1 Å². The highest BCUT2D eigenvalue weighted by atomic mass is 19.1. The summed E-state index contributed by atoms with van der Waals surface area (Å²) in [6.45, 7) is 0.647. The molecule has 1 heterocycles. The average molecular weight is 235 g/mol. The quantitative estimate of drug-likeness (QED) is 0.806. The number of nitrogens with two attached hydrogens (primary N) is 1. The normalized spacial score (nSPS) is 10.7. The minimum Gasteiger partial charge on any atom is -0.339 e. The van der Waals surface area contributed by atoms with Gasteiger partial charge in [0.2, 0.25) is 11.7 Å². The molecule has 0 radical (unpaired) electrons. The number of halogens is 1. The summed E-state index contributed by atoms with van der Waals surface area (Å²) in [6.07, 6.45) is 2.49. The van der Waals surface area contributed by atoms with Crippen LogP contribution in [0.15, 0.2) is 28.8 Å². The predicted octanol–water partition coefficient (Wildman–Crippen LogP) is 2.16. The van der Waals surface area contributed by atoms with E-state index in [0.29, 0.717) is 30.2 Å². The number of rotatable bonds is 5. The highest BCUT2D eigenvalue weighted by Crippen LogP contribution is 2.19. The summed E-state index contributed by atoms with van der Waals surface area (Å²) in [6, 6.07) is 6.37. The number of benzene rings is 1. The largest absolute Gasteiger partial charge is 0.339 e. The van der Waals surface area contributed by atoms with Crippen LogP contribution < -0.4 is 5.73 Å². The molecule has 0 saturated carbocycles. The fourth-order valence-corrected chi connectivity index (χ4v) is 1.53. The number of unbranched alkanes of at least 4 members (excludes halogenated alkanes) is 1. The zero-order valence-electron chi connectivity index (χ0n) is 9.40. The zero-order valence-corrected chi connectivity index (χ0v) is 9.40. The molecule has 0 aliphatic carbocycles. The van der Waals surface area contributed by atoms with Crippen molar-refractivity contribution in [1.29, 1.82) is 0 Å². The van der Waals surface area contributed by atoms with E-state index in [9.17, 15) is 4.39 Å². The summed E-state index contributed by atoms with van der Waals surface area (Å²) in [5, 5.41) is 3.77. The van der Waals surface area contributed by atoms with Gasteiger partial charge in [-0.25, -0.2) is 4.39 Å². The van der Waals surface area contributed by atoms with Gasteiger partial charge in [0.1, 0.15) is 5.82 Å². The van der Waals surface area contributed by atoms with Crippen molar-refractivity contribution in [3.05, 3.63) is 36.0 Å². The Hall–Kier alpha value is -1.75. The van der Waals surface area contributed by atoms with Crippen LogP contribution in [0.25, 0.3) is 11.4 Å². The molecule has 5 heteroatoms. The lowest BCUT2D eigenvalue weighted by Crippen LogP contribution is -1.99. The molecular weight excluding hydrogens is 221 g/mol. The summed E-state index contributed by atoms with van der Waals surface area (Å²) in [7, 11) is 0. The van der Waals surface area contributed by atoms with Gasteiger partial charge in [-0.05, 0) is 31.5 Å². The molecule has 2 aromatic rings. The zero-order chi connectivity index (χ0) is 12.1. The maximum Gasteiger partial charge on any atom is 0.226 e. The minimum atomic E-state index is -0.346. The number of aromatic nitrogens is 2. The van der Waals surface area contributed by atoms with Crippen molar-refractivity contribution in [3.63, 3.8) is 0 Å². The fourth-order valence-electron chi connectivity index (χ4n) is 1.53. The van der Waals surface area contributed by atoms with E-state index in [1.165, 1.54) is 6.07 Å². The van der Waals surface area contributed by atoms with Gasteiger partial charge in [0.15, 0.2) is 0 Å². The number of nitrogens with zero attached hydrogens (tertiary/aromatic N) is 2. The van der Waals surface area contributed by atoms with Gasteiger partial charge in [0.25, 0.3) is 0 Å². The molecule has 0 spiro atoms. The van der Waals surface area contributed by atoms with Gasteiger partial charge in [-0.1, -0.05) is 17.3 Å². The molecule has 0 amide bonds. The van der Waals surface area contributed by atoms with Crippen LogP contribution in [-0.4, -0.2) is 16.7 Å². The molecule has 1 aromatic heterocycles. The third-order valence-electron chi connectivity index (χ3n) is 2.43. The molecule has 17 heavy (non-hydrogen) atoms.